The molecular weight excluding hydrogens is 472 g/mol. The van der Waals surface area contributed by atoms with Crippen LogP contribution in [0.25, 0.3) is 22.0 Å². The highest BCUT2D eigenvalue weighted by Gasteiger charge is 2.28. The summed E-state index contributed by atoms with van der Waals surface area (Å²) in [5.74, 6) is 1.80. The highest BCUT2D eigenvalue weighted by Crippen LogP contribution is 2.28. The maximum atomic E-state index is 13.3. The van der Waals surface area contributed by atoms with Crippen molar-refractivity contribution in [2.75, 3.05) is 49.5 Å². The molecule has 1 aromatic heterocycles. The standard InChI is InChI=1S/C31H34N6O/c38-29(21-24-11-4-5-12-26(24)23-9-2-1-3-10-23)37-19-15-25(22-37)33-31-34-28-14-7-6-13-27(28)30(35-31)36-18-8-16-32-17-20-36/h1-7,9-14,25,32H,8,15-22H2,(H,33,34,35). The van der Waals surface area contributed by atoms with Gasteiger partial charge in [-0.1, -0.05) is 66.7 Å². The number of benzene rings is 3. The molecule has 2 aliphatic heterocycles. The number of aromatic nitrogens is 2. The average Bonchev–Trinajstić information content (AvgIpc) is 3.26. The van der Waals surface area contributed by atoms with Crippen LogP contribution in [0, 0.1) is 0 Å². The topological polar surface area (TPSA) is 73.4 Å². The number of carbonyl (C=O) groups is 1. The van der Waals surface area contributed by atoms with E-state index in [1.807, 2.05) is 41.3 Å². The zero-order valence-corrected chi connectivity index (χ0v) is 21.6. The minimum atomic E-state index is 0.128. The molecule has 1 atom stereocenters. The fourth-order valence-electron chi connectivity index (χ4n) is 5.56. The summed E-state index contributed by atoms with van der Waals surface area (Å²) in [6.07, 6.45) is 2.37. The van der Waals surface area contributed by atoms with Crippen LogP contribution in [0.15, 0.2) is 78.9 Å². The predicted octanol–water partition coefficient (Wildman–Crippen LogP) is 4.35. The number of likely N-dealkylation sites (tertiary alicyclic amines) is 1. The molecule has 7 nitrogen and oxygen atoms in total. The molecule has 7 heteroatoms. The van der Waals surface area contributed by atoms with Crippen LogP contribution in [0.5, 0.6) is 0 Å². The lowest BCUT2D eigenvalue weighted by Crippen LogP contribution is -2.33. The van der Waals surface area contributed by atoms with Gasteiger partial charge in [0.15, 0.2) is 0 Å². The third-order valence-corrected chi connectivity index (χ3v) is 7.54. The van der Waals surface area contributed by atoms with Gasteiger partial charge in [-0.3, -0.25) is 4.79 Å². The van der Waals surface area contributed by atoms with Gasteiger partial charge in [0, 0.05) is 44.2 Å². The normalized spacial score (nSPS) is 17.9. The largest absolute Gasteiger partial charge is 0.355 e. The van der Waals surface area contributed by atoms with Gasteiger partial charge in [0.1, 0.15) is 5.82 Å². The van der Waals surface area contributed by atoms with E-state index in [9.17, 15) is 4.79 Å². The van der Waals surface area contributed by atoms with Crippen LogP contribution < -0.4 is 15.5 Å². The Balaban J connectivity index is 1.16. The zero-order chi connectivity index (χ0) is 25.7. The molecule has 4 aromatic rings. The smallest absolute Gasteiger partial charge is 0.227 e. The van der Waals surface area contributed by atoms with Crippen LogP contribution in [0.1, 0.15) is 18.4 Å². The van der Waals surface area contributed by atoms with Gasteiger partial charge in [-0.05, 0) is 48.2 Å². The van der Waals surface area contributed by atoms with Crippen LogP contribution in [-0.4, -0.2) is 66.1 Å². The van der Waals surface area contributed by atoms with E-state index >= 15 is 0 Å². The summed E-state index contributed by atoms with van der Waals surface area (Å²) in [5.41, 5.74) is 4.27. The summed E-state index contributed by atoms with van der Waals surface area (Å²) in [5, 5.41) is 8.11. The summed E-state index contributed by atoms with van der Waals surface area (Å²) >= 11 is 0. The minimum absolute atomic E-state index is 0.128. The Hall–Kier alpha value is -3.97. The van der Waals surface area contributed by atoms with E-state index in [4.69, 9.17) is 9.97 Å². The number of nitrogens with one attached hydrogen (secondary N) is 2. The number of hydrogen-bond acceptors (Lipinski definition) is 6. The van der Waals surface area contributed by atoms with E-state index in [0.29, 0.717) is 18.9 Å². The molecule has 2 fully saturated rings. The van der Waals surface area contributed by atoms with Gasteiger partial charge in [0.25, 0.3) is 0 Å². The van der Waals surface area contributed by atoms with Crippen LogP contribution in [0.4, 0.5) is 11.8 Å². The molecule has 1 amide bonds. The first-order chi connectivity index (χ1) is 18.7. The van der Waals surface area contributed by atoms with E-state index in [-0.39, 0.29) is 11.9 Å². The van der Waals surface area contributed by atoms with E-state index in [2.05, 4.69) is 58.0 Å². The van der Waals surface area contributed by atoms with E-state index in [1.165, 1.54) is 0 Å². The molecule has 0 aliphatic carbocycles. The van der Waals surface area contributed by atoms with Crippen LogP contribution in [0.2, 0.25) is 0 Å². The molecule has 38 heavy (non-hydrogen) atoms. The maximum Gasteiger partial charge on any atom is 0.227 e. The SMILES string of the molecule is O=C(Cc1ccccc1-c1ccccc1)N1CCC(Nc2nc(N3CCCNCC3)c3ccccc3n2)C1. The Morgan fingerprint density at radius 3 is 2.63 bits per heavy atom. The monoisotopic (exact) mass is 506 g/mol. The second kappa shape index (κ2) is 11.2. The Kier molecular flexibility index (Phi) is 7.18. The second-order valence-electron chi connectivity index (χ2n) is 10.1. The summed E-state index contributed by atoms with van der Waals surface area (Å²) in [6.45, 7) is 5.29. The Morgan fingerprint density at radius 1 is 0.895 bits per heavy atom. The lowest BCUT2D eigenvalue weighted by molar-refractivity contribution is -0.129. The molecule has 2 saturated heterocycles. The molecule has 0 bridgehead atoms. The van der Waals surface area contributed by atoms with Crippen LogP contribution >= 0.6 is 0 Å². The van der Waals surface area contributed by atoms with Crippen molar-refractivity contribution in [3.05, 3.63) is 84.4 Å². The van der Waals surface area contributed by atoms with Gasteiger partial charge in [-0.2, -0.15) is 4.98 Å². The summed E-state index contributed by atoms with van der Waals surface area (Å²) < 4.78 is 0. The van der Waals surface area contributed by atoms with E-state index < -0.39 is 0 Å². The molecule has 0 radical (unpaired) electrons. The zero-order valence-electron chi connectivity index (χ0n) is 21.6. The molecule has 1 unspecified atom stereocenters. The second-order valence-corrected chi connectivity index (χ2v) is 10.1. The molecule has 2 aliphatic rings. The molecule has 0 saturated carbocycles. The Bertz CT molecular complexity index is 1400. The van der Waals surface area contributed by atoms with Crippen molar-refractivity contribution >= 4 is 28.6 Å². The third-order valence-electron chi connectivity index (χ3n) is 7.54. The number of carbonyl (C=O) groups excluding carboxylic acids is 1. The van der Waals surface area contributed by atoms with E-state index in [0.717, 1.165) is 79.0 Å². The van der Waals surface area contributed by atoms with Crippen molar-refractivity contribution in [2.24, 2.45) is 0 Å². The lowest BCUT2D eigenvalue weighted by atomic mass is 9.97. The molecule has 2 N–H and O–H groups in total. The van der Waals surface area contributed by atoms with Crippen molar-refractivity contribution < 1.29 is 4.79 Å². The average molecular weight is 507 g/mol. The van der Waals surface area contributed by atoms with E-state index in [1.54, 1.807) is 0 Å². The molecule has 6 rings (SSSR count). The van der Waals surface area contributed by atoms with Gasteiger partial charge in [-0.15, -0.1) is 0 Å². The maximum absolute atomic E-state index is 13.3. The number of amides is 1. The van der Waals surface area contributed by atoms with Gasteiger partial charge < -0.3 is 20.4 Å². The fraction of sp³-hybridized carbons (Fsp3) is 0.323. The number of para-hydroxylation sites is 1. The summed E-state index contributed by atoms with van der Waals surface area (Å²) in [7, 11) is 0. The quantitative estimate of drug-likeness (QED) is 0.405. The number of nitrogens with zero attached hydrogens (tertiary/aromatic N) is 4. The molecular formula is C31H34N6O. The van der Waals surface area contributed by atoms with Gasteiger partial charge in [0.05, 0.1) is 11.9 Å². The highest BCUT2D eigenvalue weighted by molar-refractivity contribution is 5.90. The molecule has 3 aromatic carbocycles. The predicted molar refractivity (Wildman–Crippen MR) is 153 cm³/mol. The highest BCUT2D eigenvalue weighted by atomic mass is 16.2. The van der Waals surface area contributed by atoms with Crippen molar-refractivity contribution in [2.45, 2.75) is 25.3 Å². The minimum Gasteiger partial charge on any atom is -0.355 e. The number of rotatable bonds is 6. The molecule has 3 heterocycles. The molecule has 0 spiro atoms. The number of fused-ring (bicyclic) bond motifs is 1. The van der Waals surface area contributed by atoms with Gasteiger partial charge in [0.2, 0.25) is 11.9 Å². The Labute approximate surface area is 223 Å². The summed E-state index contributed by atoms with van der Waals surface area (Å²) in [6, 6.07) is 26.9. The number of anilines is 2. The Morgan fingerprint density at radius 2 is 1.71 bits per heavy atom. The number of hydrogen-bond donors (Lipinski definition) is 2. The lowest BCUT2D eigenvalue weighted by Gasteiger charge is -2.24. The third kappa shape index (κ3) is 5.34. The first-order valence-electron chi connectivity index (χ1n) is 13.6. The van der Waals surface area contributed by atoms with Crippen molar-refractivity contribution in [3.8, 4) is 11.1 Å². The van der Waals surface area contributed by atoms with Crippen LogP contribution in [-0.2, 0) is 11.2 Å². The first-order valence-corrected chi connectivity index (χ1v) is 13.6. The van der Waals surface area contributed by atoms with Crippen molar-refractivity contribution in [3.63, 3.8) is 0 Å². The van der Waals surface area contributed by atoms with Crippen LogP contribution in [0.3, 0.4) is 0 Å². The van der Waals surface area contributed by atoms with Crippen molar-refractivity contribution in [1.82, 2.24) is 20.2 Å². The fourth-order valence-corrected chi connectivity index (χ4v) is 5.56. The van der Waals surface area contributed by atoms with Gasteiger partial charge in [-0.25, -0.2) is 4.98 Å². The molecule has 194 valence electrons. The summed E-state index contributed by atoms with van der Waals surface area (Å²) in [4.78, 5) is 27.5. The van der Waals surface area contributed by atoms with Crippen molar-refractivity contribution in [1.29, 1.82) is 0 Å². The first kappa shape index (κ1) is 24.4. The van der Waals surface area contributed by atoms with Gasteiger partial charge >= 0.3 is 0 Å².